The second-order valence-electron chi connectivity index (χ2n) is 4.35. The summed E-state index contributed by atoms with van der Waals surface area (Å²) in [5.41, 5.74) is 7.14. The molecule has 0 aromatic carbocycles. The summed E-state index contributed by atoms with van der Waals surface area (Å²) in [6.45, 7) is 4.29. The van der Waals surface area contributed by atoms with Crippen molar-refractivity contribution >= 4 is 11.3 Å². The number of thiophene rings is 1. The molecule has 2 nitrogen and oxygen atoms in total. The fourth-order valence-electron chi connectivity index (χ4n) is 2.23. The van der Waals surface area contributed by atoms with Gasteiger partial charge in [-0.2, -0.15) is 0 Å². The molecule has 3 N–H and O–H groups in total. The third kappa shape index (κ3) is 1.31. The molecule has 0 saturated carbocycles. The fourth-order valence-corrected chi connectivity index (χ4v) is 3.50. The highest BCUT2D eigenvalue weighted by Gasteiger charge is 2.39. The Morgan fingerprint density at radius 1 is 1.71 bits per heavy atom. The number of hydrogen-bond donors (Lipinski definition) is 2. The molecule has 0 saturated heterocycles. The molecular weight excluding hydrogens is 194 g/mol. The van der Waals surface area contributed by atoms with E-state index in [2.05, 4.69) is 19.9 Å². The molecule has 1 aromatic rings. The van der Waals surface area contributed by atoms with Gasteiger partial charge >= 0.3 is 0 Å². The number of aryl methyl sites for hydroxylation is 2. The van der Waals surface area contributed by atoms with Crippen LogP contribution >= 0.6 is 11.3 Å². The number of fused-ring (bicyclic) bond motifs is 1. The van der Waals surface area contributed by atoms with Crippen molar-refractivity contribution in [1.82, 2.24) is 0 Å². The van der Waals surface area contributed by atoms with Gasteiger partial charge in [0.2, 0.25) is 0 Å². The van der Waals surface area contributed by atoms with Crippen LogP contribution in [0.15, 0.2) is 6.07 Å². The third-order valence-electron chi connectivity index (χ3n) is 3.34. The van der Waals surface area contributed by atoms with Crippen LogP contribution in [0.25, 0.3) is 0 Å². The molecule has 78 valence electrons. The maximum absolute atomic E-state index is 9.46. The van der Waals surface area contributed by atoms with Gasteiger partial charge in [0.05, 0.1) is 12.1 Å². The lowest BCUT2D eigenvalue weighted by molar-refractivity contribution is 0.137. The summed E-state index contributed by atoms with van der Waals surface area (Å²) in [6, 6.07) is 2.21. The van der Waals surface area contributed by atoms with Crippen molar-refractivity contribution in [3.63, 3.8) is 0 Å². The molecule has 0 fully saturated rings. The second kappa shape index (κ2) is 3.33. The Morgan fingerprint density at radius 2 is 2.43 bits per heavy atom. The second-order valence-corrected chi connectivity index (χ2v) is 5.61. The Labute approximate surface area is 88.8 Å². The summed E-state index contributed by atoms with van der Waals surface area (Å²) in [5, 5.41) is 9.46. The normalized spacial score (nSPS) is 31.6. The molecular formula is C11H17NOS. The first kappa shape index (κ1) is 10.1. The van der Waals surface area contributed by atoms with Gasteiger partial charge in [-0.1, -0.05) is 6.92 Å². The zero-order valence-corrected chi connectivity index (χ0v) is 9.53. The Balaban J connectivity index is 2.51. The van der Waals surface area contributed by atoms with Crippen LogP contribution < -0.4 is 5.73 Å². The quantitative estimate of drug-likeness (QED) is 0.744. The zero-order valence-electron chi connectivity index (χ0n) is 8.71. The van der Waals surface area contributed by atoms with Crippen molar-refractivity contribution in [2.24, 2.45) is 11.7 Å². The van der Waals surface area contributed by atoms with Crippen LogP contribution in [0.4, 0.5) is 0 Å². The number of nitrogens with two attached hydrogens (primary N) is 1. The van der Waals surface area contributed by atoms with Crippen molar-refractivity contribution < 1.29 is 5.11 Å². The minimum absolute atomic E-state index is 0.0567. The molecule has 1 aromatic heterocycles. The lowest BCUT2D eigenvalue weighted by atomic mass is 9.75. The predicted octanol–water partition coefficient (Wildman–Crippen LogP) is 1.79. The highest BCUT2D eigenvalue weighted by atomic mass is 32.1. The Morgan fingerprint density at radius 3 is 3.07 bits per heavy atom. The van der Waals surface area contributed by atoms with E-state index in [0.717, 1.165) is 12.8 Å². The molecule has 1 aliphatic rings. The molecule has 2 rings (SSSR count). The van der Waals surface area contributed by atoms with E-state index in [1.165, 1.54) is 15.3 Å². The highest BCUT2D eigenvalue weighted by Crippen LogP contribution is 2.41. The molecule has 0 aliphatic heterocycles. The highest BCUT2D eigenvalue weighted by molar-refractivity contribution is 7.12. The van der Waals surface area contributed by atoms with Crippen molar-refractivity contribution in [3.8, 4) is 0 Å². The SMILES string of the molecule is Cc1cc2c(s1)C(N)(CO)C(C)CC2. The monoisotopic (exact) mass is 211 g/mol. The Hall–Kier alpha value is -0.380. The summed E-state index contributed by atoms with van der Waals surface area (Å²) >= 11 is 1.74. The molecule has 2 unspecified atom stereocenters. The smallest absolute Gasteiger partial charge is 0.0766 e. The molecule has 1 aliphatic carbocycles. The molecule has 0 amide bonds. The summed E-state index contributed by atoms with van der Waals surface area (Å²) in [6.07, 6.45) is 2.19. The van der Waals surface area contributed by atoms with Gasteiger partial charge in [-0.05, 0) is 37.3 Å². The van der Waals surface area contributed by atoms with Crippen LogP contribution in [0.1, 0.15) is 28.7 Å². The molecule has 1 heterocycles. The lowest BCUT2D eigenvalue weighted by Crippen LogP contribution is -2.48. The molecule has 14 heavy (non-hydrogen) atoms. The van der Waals surface area contributed by atoms with Crippen molar-refractivity contribution in [2.75, 3.05) is 6.61 Å². The van der Waals surface area contributed by atoms with E-state index >= 15 is 0 Å². The van der Waals surface area contributed by atoms with Crippen LogP contribution in [0.3, 0.4) is 0 Å². The van der Waals surface area contributed by atoms with Gasteiger partial charge < -0.3 is 10.8 Å². The van der Waals surface area contributed by atoms with Crippen LogP contribution in [0.5, 0.6) is 0 Å². The fraction of sp³-hybridized carbons (Fsp3) is 0.636. The van der Waals surface area contributed by atoms with E-state index in [4.69, 9.17) is 5.73 Å². The zero-order chi connectivity index (χ0) is 10.3. The first-order valence-corrected chi connectivity index (χ1v) is 5.89. The van der Waals surface area contributed by atoms with Crippen LogP contribution in [0, 0.1) is 12.8 Å². The lowest BCUT2D eigenvalue weighted by Gasteiger charge is -2.37. The first-order valence-electron chi connectivity index (χ1n) is 5.07. The van der Waals surface area contributed by atoms with Gasteiger partial charge in [0.25, 0.3) is 0 Å². The third-order valence-corrected chi connectivity index (χ3v) is 4.63. The Bertz CT molecular complexity index is 347. The average Bonchev–Trinajstić information content (AvgIpc) is 2.54. The maximum Gasteiger partial charge on any atom is 0.0766 e. The number of aliphatic hydroxyl groups is 1. The van der Waals surface area contributed by atoms with Crippen molar-refractivity contribution in [1.29, 1.82) is 0 Å². The van der Waals surface area contributed by atoms with Crippen LogP contribution in [0.2, 0.25) is 0 Å². The molecule has 0 bridgehead atoms. The van der Waals surface area contributed by atoms with E-state index in [1.807, 2.05) is 0 Å². The predicted molar refractivity (Wildman–Crippen MR) is 59.5 cm³/mol. The van der Waals surface area contributed by atoms with Gasteiger partial charge in [-0.3, -0.25) is 0 Å². The largest absolute Gasteiger partial charge is 0.394 e. The van der Waals surface area contributed by atoms with Crippen molar-refractivity contribution in [2.45, 2.75) is 32.2 Å². The van der Waals surface area contributed by atoms with E-state index in [1.54, 1.807) is 11.3 Å². The summed E-state index contributed by atoms with van der Waals surface area (Å²) < 4.78 is 0. The summed E-state index contributed by atoms with van der Waals surface area (Å²) in [4.78, 5) is 2.50. The minimum Gasteiger partial charge on any atom is -0.394 e. The van der Waals surface area contributed by atoms with Gasteiger partial charge in [-0.15, -0.1) is 11.3 Å². The molecule has 2 atom stereocenters. The minimum atomic E-state index is -0.494. The maximum atomic E-state index is 9.46. The first-order chi connectivity index (χ1) is 6.58. The Kier molecular flexibility index (Phi) is 2.41. The standard InChI is InChI=1S/C11H17NOS/c1-7-3-4-9-5-8(2)14-10(9)11(7,12)6-13/h5,7,13H,3-4,6,12H2,1-2H3. The van der Waals surface area contributed by atoms with Gasteiger partial charge in [-0.25, -0.2) is 0 Å². The van der Waals surface area contributed by atoms with Gasteiger partial charge in [0, 0.05) is 9.75 Å². The average molecular weight is 211 g/mol. The summed E-state index contributed by atoms with van der Waals surface area (Å²) in [7, 11) is 0. The topological polar surface area (TPSA) is 46.2 Å². The van der Waals surface area contributed by atoms with Crippen LogP contribution in [-0.2, 0) is 12.0 Å². The summed E-state index contributed by atoms with van der Waals surface area (Å²) in [5.74, 6) is 0.373. The molecule has 3 heteroatoms. The van der Waals surface area contributed by atoms with E-state index in [-0.39, 0.29) is 6.61 Å². The molecule has 0 spiro atoms. The number of hydrogen-bond acceptors (Lipinski definition) is 3. The van der Waals surface area contributed by atoms with Crippen molar-refractivity contribution in [3.05, 3.63) is 21.4 Å². The van der Waals surface area contributed by atoms with Crippen LogP contribution in [-0.4, -0.2) is 11.7 Å². The van der Waals surface area contributed by atoms with Gasteiger partial charge in [0.15, 0.2) is 0 Å². The van der Waals surface area contributed by atoms with E-state index in [0.29, 0.717) is 5.92 Å². The van der Waals surface area contributed by atoms with E-state index < -0.39 is 5.54 Å². The van der Waals surface area contributed by atoms with E-state index in [9.17, 15) is 5.11 Å². The van der Waals surface area contributed by atoms with Gasteiger partial charge in [0.1, 0.15) is 0 Å². The number of aliphatic hydroxyl groups excluding tert-OH is 1. The molecule has 0 radical (unpaired) electrons. The number of rotatable bonds is 1.